The zero-order valence-electron chi connectivity index (χ0n) is 8.33. The van der Waals surface area contributed by atoms with Crippen molar-refractivity contribution in [2.45, 2.75) is 25.7 Å². The van der Waals surface area contributed by atoms with E-state index in [1.54, 1.807) is 0 Å². The first-order valence-corrected chi connectivity index (χ1v) is 5.12. The summed E-state index contributed by atoms with van der Waals surface area (Å²) in [5, 5.41) is 0. The molecule has 1 aliphatic rings. The monoisotopic (exact) mass is 187 g/mol. The maximum Gasteiger partial charge on any atom is 0.130 e. The van der Waals surface area contributed by atoms with Crippen molar-refractivity contribution in [3.8, 4) is 5.75 Å². The van der Waals surface area contributed by atoms with Gasteiger partial charge in [-0.15, -0.1) is 0 Å². The lowest BCUT2D eigenvalue weighted by molar-refractivity contribution is 0.451. The average molecular weight is 187 g/mol. The summed E-state index contributed by atoms with van der Waals surface area (Å²) in [6, 6.07) is 8.22. The summed E-state index contributed by atoms with van der Waals surface area (Å²) in [6.45, 7) is 3.85. The lowest BCUT2D eigenvalue weighted by Gasteiger charge is -2.16. The topological polar surface area (TPSA) is 9.23 Å². The molecule has 0 fully saturated rings. The number of benzene rings is 1. The SMILES string of the molecule is [CH2]CCCC1=COc2ccccc2C1. The normalized spacial score (nSPS) is 14.2. The number of para-hydroxylation sites is 1. The Morgan fingerprint density at radius 3 is 3.00 bits per heavy atom. The largest absolute Gasteiger partial charge is 0.465 e. The van der Waals surface area contributed by atoms with E-state index >= 15 is 0 Å². The molecule has 14 heavy (non-hydrogen) atoms. The molecule has 1 aromatic carbocycles. The number of hydrogen-bond acceptors (Lipinski definition) is 1. The highest BCUT2D eigenvalue weighted by molar-refractivity contribution is 5.39. The van der Waals surface area contributed by atoms with Crippen molar-refractivity contribution in [3.63, 3.8) is 0 Å². The smallest absolute Gasteiger partial charge is 0.130 e. The van der Waals surface area contributed by atoms with E-state index in [-0.39, 0.29) is 0 Å². The molecule has 0 bridgehead atoms. The molecule has 0 saturated carbocycles. The summed E-state index contributed by atoms with van der Waals surface area (Å²) in [5.74, 6) is 1.01. The molecule has 1 nitrogen and oxygen atoms in total. The molecule has 0 unspecified atom stereocenters. The molecule has 0 spiro atoms. The first-order chi connectivity index (χ1) is 6.90. The summed E-state index contributed by atoms with van der Waals surface area (Å²) in [6.07, 6.45) is 6.20. The van der Waals surface area contributed by atoms with Gasteiger partial charge in [0.05, 0.1) is 6.26 Å². The fourth-order valence-electron chi connectivity index (χ4n) is 1.70. The van der Waals surface area contributed by atoms with Crippen LogP contribution in [-0.4, -0.2) is 0 Å². The van der Waals surface area contributed by atoms with Crippen LogP contribution in [0.2, 0.25) is 0 Å². The molecule has 0 aromatic heterocycles. The van der Waals surface area contributed by atoms with E-state index in [1.807, 2.05) is 18.4 Å². The van der Waals surface area contributed by atoms with E-state index < -0.39 is 0 Å². The highest BCUT2D eigenvalue weighted by atomic mass is 16.5. The van der Waals surface area contributed by atoms with Crippen LogP contribution in [0.25, 0.3) is 0 Å². The standard InChI is InChI=1S/C13H15O/c1-2-3-6-11-9-12-7-4-5-8-13(12)14-10-11/h4-5,7-8,10H,1-3,6,9H2. The second kappa shape index (κ2) is 4.32. The Labute approximate surface area is 85.4 Å². The van der Waals surface area contributed by atoms with Gasteiger partial charge >= 0.3 is 0 Å². The third kappa shape index (κ3) is 1.98. The first-order valence-electron chi connectivity index (χ1n) is 5.12. The molecule has 0 N–H and O–H groups in total. The minimum absolute atomic E-state index is 0.999. The van der Waals surface area contributed by atoms with Crippen molar-refractivity contribution < 1.29 is 4.74 Å². The first kappa shape index (κ1) is 9.32. The molecule has 1 heterocycles. The van der Waals surface area contributed by atoms with Crippen LogP contribution in [0.15, 0.2) is 36.1 Å². The second-order valence-electron chi connectivity index (χ2n) is 3.64. The van der Waals surface area contributed by atoms with Gasteiger partial charge in [-0.05, 0) is 30.0 Å². The predicted molar refractivity (Wildman–Crippen MR) is 58.1 cm³/mol. The minimum atomic E-state index is 0.999. The lowest BCUT2D eigenvalue weighted by Crippen LogP contribution is -2.02. The van der Waals surface area contributed by atoms with E-state index in [0.717, 1.165) is 31.4 Å². The molecule has 73 valence electrons. The molecule has 0 amide bonds. The summed E-state index contributed by atoms with van der Waals surface area (Å²) >= 11 is 0. The maximum absolute atomic E-state index is 5.55. The fraction of sp³-hybridized carbons (Fsp3) is 0.308. The van der Waals surface area contributed by atoms with E-state index in [1.165, 1.54) is 11.1 Å². The maximum atomic E-state index is 5.55. The molecule has 1 aliphatic heterocycles. The van der Waals surface area contributed by atoms with Gasteiger partial charge in [-0.1, -0.05) is 31.5 Å². The van der Waals surface area contributed by atoms with E-state index in [2.05, 4.69) is 19.1 Å². The van der Waals surface area contributed by atoms with Crippen LogP contribution in [0.5, 0.6) is 5.75 Å². The Kier molecular flexibility index (Phi) is 2.87. The molecule has 2 rings (SSSR count). The van der Waals surface area contributed by atoms with E-state index in [0.29, 0.717) is 0 Å². The molecule has 1 radical (unpaired) electrons. The van der Waals surface area contributed by atoms with Gasteiger partial charge in [-0.2, -0.15) is 0 Å². The quantitative estimate of drug-likeness (QED) is 0.703. The molecule has 0 atom stereocenters. The highest BCUT2D eigenvalue weighted by Gasteiger charge is 2.10. The number of allylic oxidation sites excluding steroid dienone is 1. The Balaban J connectivity index is 2.05. The molecular weight excluding hydrogens is 172 g/mol. The number of unbranched alkanes of at least 4 members (excludes halogenated alkanes) is 1. The van der Waals surface area contributed by atoms with Gasteiger partial charge in [0.15, 0.2) is 0 Å². The zero-order chi connectivity index (χ0) is 9.80. The predicted octanol–water partition coefficient (Wildman–Crippen LogP) is 3.51. The molecule has 1 aromatic rings. The molecule has 0 aliphatic carbocycles. The van der Waals surface area contributed by atoms with Gasteiger partial charge in [0, 0.05) is 6.42 Å². The van der Waals surface area contributed by atoms with Crippen LogP contribution in [-0.2, 0) is 6.42 Å². The van der Waals surface area contributed by atoms with Crippen molar-refractivity contribution in [1.29, 1.82) is 0 Å². The van der Waals surface area contributed by atoms with Crippen molar-refractivity contribution in [1.82, 2.24) is 0 Å². The summed E-state index contributed by atoms with van der Waals surface area (Å²) in [7, 11) is 0. The van der Waals surface area contributed by atoms with Gasteiger partial charge in [0.25, 0.3) is 0 Å². The number of fused-ring (bicyclic) bond motifs is 1. The third-order valence-electron chi connectivity index (χ3n) is 2.49. The fourth-order valence-corrected chi connectivity index (χ4v) is 1.70. The molecule has 1 heteroatoms. The van der Waals surface area contributed by atoms with Crippen molar-refractivity contribution in [3.05, 3.63) is 48.6 Å². The van der Waals surface area contributed by atoms with E-state index in [4.69, 9.17) is 4.74 Å². The van der Waals surface area contributed by atoms with Crippen LogP contribution < -0.4 is 4.74 Å². The average Bonchev–Trinajstić information content (AvgIpc) is 2.26. The van der Waals surface area contributed by atoms with Gasteiger partial charge in [-0.3, -0.25) is 0 Å². The van der Waals surface area contributed by atoms with Crippen molar-refractivity contribution in [2.75, 3.05) is 0 Å². The van der Waals surface area contributed by atoms with Gasteiger partial charge in [0.1, 0.15) is 5.75 Å². The summed E-state index contributed by atoms with van der Waals surface area (Å²) in [4.78, 5) is 0. The van der Waals surface area contributed by atoms with Crippen LogP contribution in [0.4, 0.5) is 0 Å². The van der Waals surface area contributed by atoms with Gasteiger partial charge < -0.3 is 4.74 Å². The number of rotatable bonds is 3. The van der Waals surface area contributed by atoms with Crippen LogP contribution in [0, 0.1) is 6.92 Å². The Hall–Kier alpha value is -1.24. The van der Waals surface area contributed by atoms with Crippen LogP contribution in [0.1, 0.15) is 24.8 Å². The van der Waals surface area contributed by atoms with Crippen molar-refractivity contribution in [2.24, 2.45) is 0 Å². The minimum Gasteiger partial charge on any atom is -0.465 e. The van der Waals surface area contributed by atoms with Gasteiger partial charge in [0.2, 0.25) is 0 Å². The number of hydrogen-bond donors (Lipinski definition) is 0. The zero-order valence-corrected chi connectivity index (χ0v) is 8.33. The lowest BCUT2D eigenvalue weighted by atomic mass is 9.99. The number of ether oxygens (including phenoxy) is 1. The van der Waals surface area contributed by atoms with Crippen LogP contribution >= 0.6 is 0 Å². The Morgan fingerprint density at radius 2 is 2.14 bits per heavy atom. The van der Waals surface area contributed by atoms with Gasteiger partial charge in [-0.25, -0.2) is 0 Å². The highest BCUT2D eigenvalue weighted by Crippen LogP contribution is 2.27. The summed E-state index contributed by atoms with van der Waals surface area (Å²) in [5.41, 5.74) is 2.68. The molecule has 0 saturated heterocycles. The van der Waals surface area contributed by atoms with Crippen molar-refractivity contribution >= 4 is 0 Å². The van der Waals surface area contributed by atoms with E-state index in [9.17, 15) is 0 Å². The third-order valence-corrected chi connectivity index (χ3v) is 2.49. The second-order valence-corrected chi connectivity index (χ2v) is 3.64. The Bertz CT molecular complexity index is 339. The molecular formula is C13H15O. The summed E-state index contributed by atoms with van der Waals surface area (Å²) < 4.78 is 5.55. The van der Waals surface area contributed by atoms with Crippen LogP contribution in [0.3, 0.4) is 0 Å². The Morgan fingerprint density at radius 1 is 1.29 bits per heavy atom.